The summed E-state index contributed by atoms with van der Waals surface area (Å²) in [5.41, 5.74) is 1.84. The molecule has 2 aromatic carbocycles. The van der Waals surface area contributed by atoms with Crippen LogP contribution in [0.5, 0.6) is 5.75 Å². The van der Waals surface area contributed by atoms with Crippen LogP contribution in [0.25, 0.3) is 0 Å². The maximum atomic E-state index is 10.7. The van der Waals surface area contributed by atoms with E-state index < -0.39 is 4.92 Å². The normalized spacial score (nSPS) is 10.1. The molecule has 0 unspecified atom stereocenters. The topological polar surface area (TPSA) is 64.4 Å². The number of nitro groups is 1. The average molecular weight is 337 g/mol. The van der Waals surface area contributed by atoms with Crippen molar-refractivity contribution in [3.63, 3.8) is 0 Å². The number of anilines is 1. The minimum absolute atomic E-state index is 0.0102. The number of hydrogen-bond acceptors (Lipinski definition) is 4. The van der Waals surface area contributed by atoms with Gasteiger partial charge in [-0.3, -0.25) is 10.1 Å². The average Bonchev–Trinajstić information content (AvgIpc) is 2.46. The molecule has 0 aliphatic heterocycles. The van der Waals surface area contributed by atoms with Gasteiger partial charge >= 0.3 is 0 Å². The minimum atomic E-state index is -0.443. The molecule has 0 aliphatic carbocycles. The van der Waals surface area contributed by atoms with Crippen LogP contribution in [0.4, 0.5) is 11.4 Å². The Labute approximate surface area is 124 Å². The number of hydrogen-bond donors (Lipinski definition) is 1. The summed E-state index contributed by atoms with van der Waals surface area (Å²) in [7, 11) is 1.49. The summed E-state index contributed by atoms with van der Waals surface area (Å²) in [6.07, 6.45) is 0. The van der Waals surface area contributed by atoms with Crippen LogP contribution in [0.2, 0.25) is 0 Å². The Kier molecular flexibility index (Phi) is 4.57. The fourth-order valence-corrected chi connectivity index (χ4v) is 2.00. The fraction of sp³-hybridized carbons (Fsp3) is 0.143. The summed E-state index contributed by atoms with van der Waals surface area (Å²) in [5, 5.41) is 13.9. The Bertz CT molecular complexity index is 614. The Balaban J connectivity index is 2.12. The van der Waals surface area contributed by atoms with Gasteiger partial charge in [-0.05, 0) is 23.8 Å². The van der Waals surface area contributed by atoms with Gasteiger partial charge in [-0.15, -0.1) is 0 Å². The molecule has 20 heavy (non-hydrogen) atoms. The molecule has 0 saturated carbocycles. The van der Waals surface area contributed by atoms with Crippen molar-refractivity contribution < 1.29 is 9.66 Å². The number of methoxy groups -OCH3 is 1. The molecule has 0 aromatic heterocycles. The largest absolute Gasteiger partial charge is 0.494 e. The molecule has 2 rings (SSSR count). The summed E-state index contributed by atoms with van der Waals surface area (Å²) in [5.74, 6) is 0.455. The Hall–Kier alpha value is -2.08. The third kappa shape index (κ3) is 3.48. The van der Waals surface area contributed by atoms with E-state index in [0.717, 1.165) is 15.7 Å². The highest BCUT2D eigenvalue weighted by Crippen LogP contribution is 2.29. The number of nitrogens with one attached hydrogen (secondary N) is 1. The molecule has 104 valence electrons. The Morgan fingerprint density at radius 1 is 1.25 bits per heavy atom. The second-order valence-electron chi connectivity index (χ2n) is 4.12. The van der Waals surface area contributed by atoms with E-state index >= 15 is 0 Å². The predicted octanol–water partition coefficient (Wildman–Crippen LogP) is 3.98. The quantitative estimate of drug-likeness (QED) is 0.662. The van der Waals surface area contributed by atoms with Gasteiger partial charge in [-0.2, -0.15) is 0 Å². The lowest BCUT2D eigenvalue weighted by Crippen LogP contribution is -2.02. The van der Waals surface area contributed by atoms with Crippen molar-refractivity contribution in [3.05, 3.63) is 62.6 Å². The van der Waals surface area contributed by atoms with Crippen LogP contribution in [0.3, 0.4) is 0 Å². The van der Waals surface area contributed by atoms with Gasteiger partial charge < -0.3 is 10.1 Å². The molecular weight excluding hydrogens is 324 g/mol. The molecule has 0 fully saturated rings. The lowest BCUT2D eigenvalue weighted by molar-refractivity contribution is -0.384. The number of nitrogens with zero attached hydrogens (tertiary/aromatic N) is 1. The summed E-state index contributed by atoms with van der Waals surface area (Å²) in [4.78, 5) is 10.3. The van der Waals surface area contributed by atoms with Gasteiger partial charge in [0, 0.05) is 17.1 Å². The predicted molar refractivity (Wildman–Crippen MR) is 81.1 cm³/mol. The number of ether oxygens (including phenoxy) is 1. The van der Waals surface area contributed by atoms with E-state index in [1.54, 1.807) is 6.07 Å². The van der Waals surface area contributed by atoms with Gasteiger partial charge in [0.2, 0.25) is 0 Å². The maximum absolute atomic E-state index is 10.7. The number of non-ortho nitro benzene ring substituents is 1. The number of nitro benzene ring substituents is 1. The molecule has 0 radical (unpaired) electrons. The van der Waals surface area contributed by atoms with E-state index in [1.165, 1.54) is 19.2 Å². The molecule has 0 spiro atoms. The van der Waals surface area contributed by atoms with Crippen LogP contribution < -0.4 is 10.1 Å². The van der Waals surface area contributed by atoms with E-state index in [0.29, 0.717) is 12.3 Å². The summed E-state index contributed by atoms with van der Waals surface area (Å²) < 4.78 is 6.19. The summed E-state index contributed by atoms with van der Waals surface area (Å²) >= 11 is 3.38. The fourth-order valence-electron chi connectivity index (χ4n) is 1.74. The minimum Gasteiger partial charge on any atom is -0.494 e. The first-order chi connectivity index (χ1) is 9.60. The zero-order valence-corrected chi connectivity index (χ0v) is 12.4. The second kappa shape index (κ2) is 6.38. The van der Waals surface area contributed by atoms with Gasteiger partial charge in [-0.1, -0.05) is 28.1 Å². The lowest BCUT2D eigenvalue weighted by Gasteiger charge is -2.11. The van der Waals surface area contributed by atoms with Crippen molar-refractivity contribution >= 4 is 27.3 Å². The smallest absolute Gasteiger partial charge is 0.273 e. The van der Waals surface area contributed by atoms with Crippen molar-refractivity contribution in [2.45, 2.75) is 6.54 Å². The van der Waals surface area contributed by atoms with E-state index in [9.17, 15) is 10.1 Å². The molecule has 6 heteroatoms. The standard InChI is InChI=1S/C14H13BrN2O3/c1-20-14-8-12(17(18)19)6-7-13(14)16-9-10-2-4-11(15)5-3-10/h2-8,16H,9H2,1H3. The molecule has 0 atom stereocenters. The molecule has 1 N–H and O–H groups in total. The summed E-state index contributed by atoms with van der Waals surface area (Å²) in [6.45, 7) is 0.613. The third-order valence-electron chi connectivity index (χ3n) is 2.79. The van der Waals surface area contributed by atoms with Gasteiger partial charge in [0.15, 0.2) is 0 Å². The Morgan fingerprint density at radius 3 is 2.55 bits per heavy atom. The molecule has 0 bridgehead atoms. The maximum Gasteiger partial charge on any atom is 0.273 e. The lowest BCUT2D eigenvalue weighted by atomic mass is 10.2. The first kappa shape index (κ1) is 14.3. The molecule has 2 aromatic rings. The number of benzene rings is 2. The van der Waals surface area contributed by atoms with Crippen molar-refractivity contribution in [1.29, 1.82) is 0 Å². The molecule has 5 nitrogen and oxygen atoms in total. The van der Waals surface area contributed by atoms with Gasteiger partial charge in [0.25, 0.3) is 5.69 Å². The van der Waals surface area contributed by atoms with Crippen LogP contribution >= 0.6 is 15.9 Å². The van der Waals surface area contributed by atoms with E-state index in [2.05, 4.69) is 21.2 Å². The van der Waals surface area contributed by atoms with Crippen LogP contribution in [0.15, 0.2) is 46.9 Å². The highest BCUT2D eigenvalue weighted by molar-refractivity contribution is 9.10. The molecular formula is C14H13BrN2O3. The summed E-state index contributed by atoms with van der Waals surface area (Å²) in [6, 6.07) is 12.4. The van der Waals surface area contributed by atoms with Crippen LogP contribution in [0, 0.1) is 10.1 Å². The SMILES string of the molecule is COc1cc([N+](=O)[O-])ccc1NCc1ccc(Br)cc1. The molecule has 0 amide bonds. The van der Waals surface area contributed by atoms with Crippen molar-refractivity contribution in [2.24, 2.45) is 0 Å². The van der Waals surface area contributed by atoms with Crippen molar-refractivity contribution in [2.75, 3.05) is 12.4 Å². The van der Waals surface area contributed by atoms with Gasteiger partial charge in [0.1, 0.15) is 5.75 Å². The first-order valence-electron chi connectivity index (χ1n) is 5.91. The van der Waals surface area contributed by atoms with Crippen molar-refractivity contribution in [1.82, 2.24) is 0 Å². The Morgan fingerprint density at radius 2 is 1.95 bits per heavy atom. The van der Waals surface area contributed by atoms with E-state index in [4.69, 9.17) is 4.74 Å². The van der Waals surface area contributed by atoms with Gasteiger partial charge in [-0.25, -0.2) is 0 Å². The number of halogens is 1. The molecule has 0 aliphatic rings. The van der Waals surface area contributed by atoms with Crippen LogP contribution in [0.1, 0.15) is 5.56 Å². The van der Waals surface area contributed by atoms with E-state index in [-0.39, 0.29) is 5.69 Å². The van der Waals surface area contributed by atoms with Gasteiger partial charge in [0.05, 0.1) is 23.8 Å². The molecule has 0 heterocycles. The van der Waals surface area contributed by atoms with Crippen molar-refractivity contribution in [3.8, 4) is 5.75 Å². The zero-order chi connectivity index (χ0) is 14.5. The highest BCUT2D eigenvalue weighted by atomic mass is 79.9. The monoisotopic (exact) mass is 336 g/mol. The zero-order valence-electron chi connectivity index (χ0n) is 10.8. The first-order valence-corrected chi connectivity index (χ1v) is 6.70. The third-order valence-corrected chi connectivity index (χ3v) is 3.32. The van der Waals surface area contributed by atoms with E-state index in [1.807, 2.05) is 24.3 Å². The highest BCUT2D eigenvalue weighted by Gasteiger charge is 2.10. The van der Waals surface area contributed by atoms with Crippen LogP contribution in [-0.4, -0.2) is 12.0 Å². The number of rotatable bonds is 5. The van der Waals surface area contributed by atoms with Crippen LogP contribution in [-0.2, 0) is 6.54 Å². The molecule has 0 saturated heterocycles. The second-order valence-corrected chi connectivity index (χ2v) is 5.04.